The lowest BCUT2D eigenvalue weighted by Crippen LogP contribution is -2.03. The third-order valence-electron chi connectivity index (χ3n) is 3.21. The number of aromatic nitrogens is 3. The largest absolute Gasteiger partial charge is 0.496 e. The average Bonchev–Trinajstić information content (AvgIpc) is 2.96. The Labute approximate surface area is 131 Å². The monoisotopic (exact) mass is 343 g/mol. The van der Waals surface area contributed by atoms with Gasteiger partial charge in [0.2, 0.25) is 0 Å². The topological polar surface area (TPSA) is 39.9 Å². The highest BCUT2D eigenvalue weighted by molar-refractivity contribution is 9.10. The van der Waals surface area contributed by atoms with Crippen LogP contribution in [0, 0.1) is 0 Å². The van der Waals surface area contributed by atoms with Crippen molar-refractivity contribution in [3.8, 4) is 17.1 Å². The van der Waals surface area contributed by atoms with E-state index in [2.05, 4.69) is 36.5 Å². The Hall–Kier alpha value is -2.14. The van der Waals surface area contributed by atoms with Gasteiger partial charge in [-0.3, -0.25) is 4.98 Å². The summed E-state index contributed by atoms with van der Waals surface area (Å²) in [5, 5.41) is 0. The second kappa shape index (κ2) is 6.10. The number of methoxy groups -OCH3 is 1. The van der Waals surface area contributed by atoms with Crippen molar-refractivity contribution in [1.29, 1.82) is 0 Å². The van der Waals surface area contributed by atoms with E-state index in [4.69, 9.17) is 4.74 Å². The minimum absolute atomic E-state index is 0.700. The molecule has 0 aliphatic heterocycles. The van der Waals surface area contributed by atoms with Crippen LogP contribution < -0.4 is 4.74 Å². The first kappa shape index (κ1) is 13.8. The molecule has 3 aromatic rings. The quantitative estimate of drug-likeness (QED) is 0.723. The Morgan fingerprint density at radius 3 is 2.90 bits per heavy atom. The Morgan fingerprint density at radius 1 is 1.24 bits per heavy atom. The number of ether oxygens (including phenoxy) is 1. The number of benzene rings is 1. The highest BCUT2D eigenvalue weighted by atomic mass is 79.9. The number of rotatable bonds is 4. The molecule has 0 N–H and O–H groups in total. The van der Waals surface area contributed by atoms with Crippen LogP contribution in [0.5, 0.6) is 5.75 Å². The van der Waals surface area contributed by atoms with Gasteiger partial charge in [-0.25, -0.2) is 4.98 Å². The number of pyridine rings is 1. The summed E-state index contributed by atoms with van der Waals surface area (Å²) in [6, 6.07) is 10.0. The number of halogens is 1. The summed E-state index contributed by atoms with van der Waals surface area (Å²) < 4.78 is 8.43. The molecule has 2 aromatic heterocycles. The maximum Gasteiger partial charge on any atom is 0.141 e. The Kier molecular flexibility index (Phi) is 4.01. The molecule has 0 spiro atoms. The fraction of sp³-hybridized carbons (Fsp3) is 0.125. The molecule has 106 valence electrons. The smallest absolute Gasteiger partial charge is 0.141 e. The van der Waals surface area contributed by atoms with Gasteiger partial charge in [0.05, 0.1) is 13.7 Å². The Bertz CT molecular complexity index is 755. The maximum absolute atomic E-state index is 5.41. The highest BCUT2D eigenvalue weighted by Crippen LogP contribution is 2.23. The van der Waals surface area contributed by atoms with E-state index in [1.807, 2.05) is 36.7 Å². The van der Waals surface area contributed by atoms with Crippen molar-refractivity contribution in [2.75, 3.05) is 7.11 Å². The SMILES string of the molecule is COc1ccccc1Cn1ccnc1-c1cncc(Br)c1. The molecule has 0 saturated carbocycles. The number of imidazole rings is 1. The maximum atomic E-state index is 5.41. The average molecular weight is 344 g/mol. The van der Waals surface area contributed by atoms with Crippen molar-refractivity contribution in [3.05, 3.63) is 65.2 Å². The summed E-state index contributed by atoms with van der Waals surface area (Å²) in [6.45, 7) is 0.700. The van der Waals surface area contributed by atoms with Gasteiger partial charge in [0.1, 0.15) is 11.6 Å². The number of hydrogen-bond acceptors (Lipinski definition) is 3. The zero-order valence-corrected chi connectivity index (χ0v) is 13.1. The molecule has 21 heavy (non-hydrogen) atoms. The van der Waals surface area contributed by atoms with Crippen LogP contribution in [-0.4, -0.2) is 21.6 Å². The third kappa shape index (κ3) is 2.97. The standard InChI is InChI=1S/C16H14BrN3O/c1-21-15-5-3-2-4-12(15)11-20-7-6-19-16(20)13-8-14(17)10-18-9-13/h2-10H,11H2,1H3. The Balaban J connectivity index is 1.96. The second-order valence-corrected chi connectivity index (χ2v) is 5.50. The number of para-hydroxylation sites is 1. The van der Waals surface area contributed by atoms with E-state index in [0.29, 0.717) is 6.54 Å². The molecule has 0 unspecified atom stereocenters. The van der Waals surface area contributed by atoms with Crippen molar-refractivity contribution in [1.82, 2.24) is 14.5 Å². The molecule has 5 heteroatoms. The number of hydrogen-bond donors (Lipinski definition) is 0. The lowest BCUT2D eigenvalue weighted by Gasteiger charge is -2.11. The Morgan fingerprint density at radius 2 is 2.10 bits per heavy atom. The summed E-state index contributed by atoms with van der Waals surface area (Å²) in [5.74, 6) is 1.76. The summed E-state index contributed by atoms with van der Waals surface area (Å²) in [6.07, 6.45) is 7.33. The molecule has 0 aliphatic carbocycles. The molecule has 3 rings (SSSR count). The van der Waals surface area contributed by atoms with Gasteiger partial charge < -0.3 is 9.30 Å². The number of nitrogens with zero attached hydrogens (tertiary/aromatic N) is 3. The summed E-state index contributed by atoms with van der Waals surface area (Å²) in [7, 11) is 1.69. The molecule has 0 aliphatic rings. The van der Waals surface area contributed by atoms with Crippen molar-refractivity contribution >= 4 is 15.9 Å². The summed E-state index contributed by atoms with van der Waals surface area (Å²) in [4.78, 5) is 8.64. The molecule has 4 nitrogen and oxygen atoms in total. The van der Waals surface area contributed by atoms with Crippen LogP contribution >= 0.6 is 15.9 Å². The second-order valence-electron chi connectivity index (χ2n) is 4.58. The van der Waals surface area contributed by atoms with Crippen LogP contribution in [0.3, 0.4) is 0 Å². The van der Waals surface area contributed by atoms with Crippen LogP contribution in [0.4, 0.5) is 0 Å². The van der Waals surface area contributed by atoms with Gasteiger partial charge in [-0.05, 0) is 28.1 Å². The van der Waals surface area contributed by atoms with E-state index >= 15 is 0 Å². The van der Waals surface area contributed by atoms with Gasteiger partial charge in [-0.1, -0.05) is 18.2 Å². The van der Waals surface area contributed by atoms with Crippen molar-refractivity contribution in [2.24, 2.45) is 0 Å². The molecule has 2 heterocycles. The minimum atomic E-state index is 0.700. The zero-order chi connectivity index (χ0) is 14.7. The lowest BCUT2D eigenvalue weighted by molar-refractivity contribution is 0.408. The van der Waals surface area contributed by atoms with E-state index < -0.39 is 0 Å². The van der Waals surface area contributed by atoms with Crippen LogP contribution in [0.25, 0.3) is 11.4 Å². The van der Waals surface area contributed by atoms with E-state index in [1.165, 1.54) is 0 Å². The van der Waals surface area contributed by atoms with Crippen molar-refractivity contribution in [2.45, 2.75) is 6.54 Å². The van der Waals surface area contributed by atoms with E-state index in [9.17, 15) is 0 Å². The molecular formula is C16H14BrN3O. The predicted octanol–water partition coefficient (Wildman–Crippen LogP) is 3.76. The van der Waals surface area contributed by atoms with Gasteiger partial charge in [-0.15, -0.1) is 0 Å². The normalized spacial score (nSPS) is 10.6. The molecule has 1 aromatic carbocycles. The zero-order valence-electron chi connectivity index (χ0n) is 11.5. The molecule has 0 bridgehead atoms. The van der Waals surface area contributed by atoms with Gasteiger partial charge in [-0.2, -0.15) is 0 Å². The lowest BCUT2D eigenvalue weighted by atomic mass is 10.2. The van der Waals surface area contributed by atoms with Crippen LogP contribution in [0.15, 0.2) is 59.6 Å². The summed E-state index contributed by atoms with van der Waals surface area (Å²) in [5.41, 5.74) is 2.09. The molecule has 0 amide bonds. The van der Waals surface area contributed by atoms with Crippen molar-refractivity contribution < 1.29 is 4.74 Å². The van der Waals surface area contributed by atoms with Crippen molar-refractivity contribution in [3.63, 3.8) is 0 Å². The molecule has 0 saturated heterocycles. The van der Waals surface area contributed by atoms with Gasteiger partial charge in [0.25, 0.3) is 0 Å². The first-order valence-electron chi connectivity index (χ1n) is 6.52. The molecule has 0 fully saturated rings. The van der Waals surface area contributed by atoms with Crippen LogP contribution in [0.1, 0.15) is 5.56 Å². The fourth-order valence-corrected chi connectivity index (χ4v) is 2.61. The molecule has 0 atom stereocenters. The first-order valence-corrected chi connectivity index (χ1v) is 7.31. The van der Waals surface area contributed by atoms with Gasteiger partial charge in [0, 0.05) is 40.4 Å². The first-order chi connectivity index (χ1) is 10.3. The molecular weight excluding hydrogens is 330 g/mol. The van der Waals surface area contributed by atoms with E-state index in [0.717, 1.165) is 27.2 Å². The minimum Gasteiger partial charge on any atom is -0.496 e. The molecule has 0 radical (unpaired) electrons. The van der Waals surface area contributed by atoms with E-state index in [1.54, 1.807) is 19.5 Å². The van der Waals surface area contributed by atoms with Crippen LogP contribution in [0.2, 0.25) is 0 Å². The van der Waals surface area contributed by atoms with Crippen LogP contribution in [-0.2, 0) is 6.54 Å². The van der Waals surface area contributed by atoms with E-state index in [-0.39, 0.29) is 0 Å². The fourth-order valence-electron chi connectivity index (χ4n) is 2.25. The van der Waals surface area contributed by atoms with Gasteiger partial charge in [0.15, 0.2) is 0 Å². The highest BCUT2D eigenvalue weighted by Gasteiger charge is 2.09. The third-order valence-corrected chi connectivity index (χ3v) is 3.65. The summed E-state index contributed by atoms with van der Waals surface area (Å²) >= 11 is 3.44. The predicted molar refractivity (Wildman–Crippen MR) is 85.3 cm³/mol. The van der Waals surface area contributed by atoms with Gasteiger partial charge >= 0.3 is 0 Å².